The Morgan fingerprint density at radius 3 is 1.26 bits per heavy atom. The number of piperazine rings is 1. The first kappa shape index (κ1) is 32.2. The zero-order valence-corrected chi connectivity index (χ0v) is 27.5. The number of benzene rings is 4. The summed E-state index contributed by atoms with van der Waals surface area (Å²) < 4.78 is 0. The number of likely N-dealkylation sites (N-methyl/N-ethyl adjacent to an activating group) is 2. The third-order valence-corrected chi connectivity index (χ3v) is 8.30. The van der Waals surface area contributed by atoms with Gasteiger partial charge in [-0.05, 0) is 110 Å². The van der Waals surface area contributed by atoms with Gasteiger partial charge in [0, 0.05) is 76.1 Å². The molecule has 0 aliphatic carbocycles. The summed E-state index contributed by atoms with van der Waals surface area (Å²) in [5.74, 6) is 0. The van der Waals surface area contributed by atoms with Crippen LogP contribution in [0.1, 0.15) is 11.1 Å². The molecule has 0 aromatic heterocycles. The van der Waals surface area contributed by atoms with E-state index in [-0.39, 0.29) is 0 Å². The largest absolute Gasteiger partial charge is 0.371 e. The van der Waals surface area contributed by atoms with Crippen LogP contribution >= 0.6 is 0 Å². The molecule has 1 saturated heterocycles. The summed E-state index contributed by atoms with van der Waals surface area (Å²) in [5.41, 5.74) is 10.3. The van der Waals surface area contributed by atoms with Gasteiger partial charge in [0.15, 0.2) is 0 Å². The molecule has 236 valence electrons. The Morgan fingerprint density at radius 2 is 0.935 bits per heavy atom. The van der Waals surface area contributed by atoms with E-state index in [4.69, 9.17) is 0 Å². The number of hydrogen-bond acceptors (Lipinski definition) is 8. The molecule has 0 radical (unpaired) electrons. The third kappa shape index (κ3) is 8.07. The number of azo groups is 2. The molecule has 5 rings (SSSR count). The van der Waals surface area contributed by atoms with Gasteiger partial charge in [-0.3, -0.25) is 0 Å². The molecule has 1 heterocycles. The van der Waals surface area contributed by atoms with Gasteiger partial charge in [-0.1, -0.05) is 12.2 Å². The van der Waals surface area contributed by atoms with E-state index in [0.717, 1.165) is 84.5 Å². The van der Waals surface area contributed by atoms with E-state index in [2.05, 4.69) is 130 Å². The summed E-state index contributed by atoms with van der Waals surface area (Å²) in [6.07, 6.45) is 3.79. The molecule has 1 aliphatic rings. The highest BCUT2D eigenvalue weighted by Crippen LogP contribution is 2.30. The maximum absolute atomic E-state index is 4.51. The van der Waals surface area contributed by atoms with E-state index in [0.29, 0.717) is 0 Å². The average molecular weight is 613 g/mol. The quantitative estimate of drug-likeness (QED) is 0.118. The smallest absolute Gasteiger partial charge is 0.0887 e. The summed E-state index contributed by atoms with van der Waals surface area (Å²) >= 11 is 0. The Bertz CT molecular complexity index is 1560. The second-order valence-electron chi connectivity index (χ2n) is 11.7. The van der Waals surface area contributed by atoms with Crippen molar-refractivity contribution in [3.8, 4) is 0 Å². The van der Waals surface area contributed by atoms with Crippen LogP contribution in [-0.2, 0) is 0 Å². The monoisotopic (exact) mass is 612 g/mol. The van der Waals surface area contributed by atoms with Gasteiger partial charge >= 0.3 is 0 Å². The minimum atomic E-state index is 0.800. The van der Waals surface area contributed by atoms with Crippen LogP contribution in [0.3, 0.4) is 0 Å². The Balaban J connectivity index is 1.13. The van der Waals surface area contributed by atoms with Crippen LogP contribution in [0.25, 0.3) is 0 Å². The molecule has 0 unspecified atom stereocenters. The molecule has 0 amide bonds. The molecule has 8 heteroatoms. The number of hydrogen-bond donors (Lipinski definition) is 0. The molecule has 0 bridgehead atoms. The molecule has 1 aliphatic heterocycles. The van der Waals surface area contributed by atoms with Crippen molar-refractivity contribution in [2.45, 2.75) is 13.8 Å². The van der Waals surface area contributed by atoms with Crippen LogP contribution in [0.2, 0.25) is 0 Å². The maximum Gasteiger partial charge on any atom is 0.0887 e. The SMILES string of the molecule is C=CCN(C)c1ccc(/N=N/c2ccc(N3CCN(c4ccc(/N=N/c5ccc(N(C)CC=C)cc5C)cc4)CC3)cc2)c(C)c1. The van der Waals surface area contributed by atoms with Crippen molar-refractivity contribution in [1.29, 1.82) is 0 Å². The van der Waals surface area contributed by atoms with Crippen LogP contribution in [0.4, 0.5) is 45.5 Å². The molecule has 4 aromatic rings. The Labute approximate surface area is 273 Å². The lowest BCUT2D eigenvalue weighted by Gasteiger charge is -2.37. The second kappa shape index (κ2) is 15.2. The first-order valence-electron chi connectivity index (χ1n) is 15.7. The van der Waals surface area contributed by atoms with Gasteiger partial charge in [-0.2, -0.15) is 20.5 Å². The Hall–Kier alpha value is -5.24. The van der Waals surface area contributed by atoms with Crippen molar-refractivity contribution in [2.75, 3.05) is 73.0 Å². The van der Waals surface area contributed by atoms with Crippen molar-refractivity contribution >= 4 is 45.5 Å². The number of nitrogens with zero attached hydrogens (tertiary/aromatic N) is 8. The lowest BCUT2D eigenvalue weighted by atomic mass is 10.1. The highest BCUT2D eigenvalue weighted by atomic mass is 15.3. The lowest BCUT2D eigenvalue weighted by molar-refractivity contribution is 0.653. The minimum absolute atomic E-state index is 0.800. The fraction of sp³-hybridized carbons (Fsp3) is 0.263. The molecule has 46 heavy (non-hydrogen) atoms. The van der Waals surface area contributed by atoms with Gasteiger partial charge in [-0.15, -0.1) is 13.2 Å². The van der Waals surface area contributed by atoms with Crippen molar-refractivity contribution in [3.63, 3.8) is 0 Å². The summed E-state index contributed by atoms with van der Waals surface area (Å²) in [6, 6.07) is 29.1. The zero-order chi connectivity index (χ0) is 32.5. The Morgan fingerprint density at radius 1 is 0.565 bits per heavy atom. The van der Waals surface area contributed by atoms with E-state index in [9.17, 15) is 0 Å². The van der Waals surface area contributed by atoms with Crippen molar-refractivity contribution in [2.24, 2.45) is 20.5 Å². The van der Waals surface area contributed by atoms with E-state index < -0.39 is 0 Å². The number of aryl methyl sites for hydroxylation is 2. The molecule has 1 fully saturated rings. The molecule has 0 N–H and O–H groups in total. The topological polar surface area (TPSA) is 62.4 Å². The zero-order valence-electron chi connectivity index (χ0n) is 27.5. The maximum atomic E-state index is 4.51. The summed E-state index contributed by atoms with van der Waals surface area (Å²) in [5, 5.41) is 18.0. The minimum Gasteiger partial charge on any atom is -0.371 e. The van der Waals surface area contributed by atoms with E-state index >= 15 is 0 Å². The van der Waals surface area contributed by atoms with Crippen molar-refractivity contribution < 1.29 is 0 Å². The van der Waals surface area contributed by atoms with Crippen molar-refractivity contribution in [1.82, 2.24) is 0 Å². The van der Waals surface area contributed by atoms with Crippen LogP contribution < -0.4 is 19.6 Å². The van der Waals surface area contributed by atoms with Gasteiger partial charge in [0.2, 0.25) is 0 Å². The van der Waals surface area contributed by atoms with Crippen molar-refractivity contribution in [3.05, 3.63) is 121 Å². The van der Waals surface area contributed by atoms with Gasteiger partial charge < -0.3 is 19.6 Å². The number of anilines is 4. The van der Waals surface area contributed by atoms with Gasteiger partial charge in [0.1, 0.15) is 0 Å². The normalized spacial score (nSPS) is 13.4. The fourth-order valence-electron chi connectivity index (χ4n) is 5.48. The van der Waals surface area contributed by atoms with E-state index in [1.54, 1.807) is 0 Å². The molecule has 0 atom stereocenters. The summed E-state index contributed by atoms with van der Waals surface area (Å²) in [4.78, 5) is 9.14. The van der Waals surface area contributed by atoms with Crippen LogP contribution in [-0.4, -0.2) is 53.4 Å². The van der Waals surface area contributed by atoms with E-state index in [1.807, 2.05) is 48.6 Å². The Kier molecular flexibility index (Phi) is 10.6. The van der Waals surface area contributed by atoms with Crippen LogP contribution in [0.15, 0.2) is 131 Å². The molecule has 0 spiro atoms. The highest BCUT2D eigenvalue weighted by molar-refractivity contribution is 5.60. The van der Waals surface area contributed by atoms with Gasteiger partial charge in [0.05, 0.1) is 22.7 Å². The molecule has 8 nitrogen and oxygen atoms in total. The van der Waals surface area contributed by atoms with Gasteiger partial charge in [-0.25, -0.2) is 0 Å². The number of rotatable bonds is 12. The molecule has 4 aromatic carbocycles. The first-order chi connectivity index (χ1) is 22.3. The molecular weight excluding hydrogens is 568 g/mol. The highest BCUT2D eigenvalue weighted by Gasteiger charge is 2.17. The molecular formula is C38H44N8. The van der Waals surface area contributed by atoms with E-state index in [1.165, 1.54) is 11.4 Å². The lowest BCUT2D eigenvalue weighted by Crippen LogP contribution is -2.46. The van der Waals surface area contributed by atoms with Crippen LogP contribution in [0, 0.1) is 13.8 Å². The molecule has 0 saturated carbocycles. The van der Waals surface area contributed by atoms with Crippen LogP contribution in [0.5, 0.6) is 0 Å². The predicted octanol–water partition coefficient (Wildman–Crippen LogP) is 9.71. The summed E-state index contributed by atoms with van der Waals surface area (Å²) in [6.45, 7) is 17.2. The second-order valence-corrected chi connectivity index (χ2v) is 11.7. The van der Waals surface area contributed by atoms with Gasteiger partial charge in [0.25, 0.3) is 0 Å². The predicted molar refractivity (Wildman–Crippen MR) is 195 cm³/mol. The fourth-order valence-corrected chi connectivity index (χ4v) is 5.48. The summed E-state index contributed by atoms with van der Waals surface area (Å²) in [7, 11) is 4.11. The first-order valence-corrected chi connectivity index (χ1v) is 15.7. The third-order valence-electron chi connectivity index (χ3n) is 8.30. The average Bonchev–Trinajstić information content (AvgIpc) is 3.08. The standard InChI is InChI=1S/C38H44N8/c1-7-21-43(5)35-17-19-37(29(3)27-35)41-39-31-9-13-33(14-10-31)45-23-25-46(26-24-45)34-15-11-32(12-16-34)40-42-38-20-18-36(28-30(38)4)44(6)22-8-2/h7-20,27-28H,1-2,21-26H2,3-6H3/b41-39+,42-40+.